The summed E-state index contributed by atoms with van der Waals surface area (Å²) in [6.07, 6.45) is 0. The Morgan fingerprint density at radius 1 is 1.03 bits per heavy atom. The van der Waals surface area contributed by atoms with Crippen LogP contribution in [0.15, 0.2) is 71.9 Å². The molecule has 0 unspecified atom stereocenters. The van der Waals surface area contributed by atoms with Crippen molar-refractivity contribution in [2.24, 2.45) is 0 Å². The summed E-state index contributed by atoms with van der Waals surface area (Å²) in [4.78, 5) is 25.3. The molecular weight excluding hydrogens is 493 g/mol. The van der Waals surface area contributed by atoms with Crippen LogP contribution in [0, 0.1) is 19.7 Å². The van der Waals surface area contributed by atoms with Crippen LogP contribution in [0.25, 0.3) is 5.69 Å². The zero-order valence-electron chi connectivity index (χ0n) is 20.6. The lowest BCUT2D eigenvalue weighted by Gasteiger charge is -2.12. The van der Waals surface area contributed by atoms with E-state index in [1.54, 1.807) is 48.1 Å². The third-order valence-electron chi connectivity index (χ3n) is 5.74. The Balaban J connectivity index is 1.50. The van der Waals surface area contributed by atoms with Gasteiger partial charge in [0.1, 0.15) is 11.6 Å². The number of hydrogen-bond donors (Lipinski definition) is 2. The molecule has 2 N–H and O–H groups in total. The molecule has 0 aliphatic carbocycles. The number of nitrogens with zero attached hydrogens (tertiary/aromatic N) is 3. The zero-order valence-corrected chi connectivity index (χ0v) is 21.4. The standard InChI is InChI=1S/C27H26FN5O3S/c1-17-6-4-9-23(18(17)2)30-25(34)16-37-27-32-31-24(33(27)21-8-5-7-20(28)14-21)15-29-26(35)19-10-12-22(36-3)13-11-19/h4-14H,15-16H2,1-3H3,(H,29,35)(H,30,34). The minimum absolute atomic E-state index is 0.0453. The van der Waals surface area contributed by atoms with E-state index in [1.165, 1.54) is 23.9 Å². The fourth-order valence-corrected chi connectivity index (χ4v) is 4.36. The van der Waals surface area contributed by atoms with Crippen LogP contribution in [-0.2, 0) is 11.3 Å². The summed E-state index contributed by atoms with van der Waals surface area (Å²) in [6.45, 7) is 3.98. The van der Waals surface area contributed by atoms with Gasteiger partial charge in [-0.2, -0.15) is 0 Å². The van der Waals surface area contributed by atoms with E-state index in [0.717, 1.165) is 16.8 Å². The van der Waals surface area contributed by atoms with Crippen molar-refractivity contribution in [1.29, 1.82) is 0 Å². The number of benzene rings is 3. The number of aromatic nitrogens is 3. The number of carbonyl (C=O) groups excluding carboxylic acids is 2. The van der Waals surface area contributed by atoms with E-state index in [2.05, 4.69) is 20.8 Å². The van der Waals surface area contributed by atoms with Crippen LogP contribution in [0.2, 0.25) is 0 Å². The van der Waals surface area contributed by atoms with E-state index < -0.39 is 5.82 Å². The van der Waals surface area contributed by atoms with Gasteiger partial charge in [0.2, 0.25) is 5.91 Å². The number of carbonyl (C=O) groups is 2. The van der Waals surface area contributed by atoms with E-state index in [9.17, 15) is 14.0 Å². The Hall–Kier alpha value is -4.18. The second-order valence-electron chi connectivity index (χ2n) is 8.21. The third-order valence-corrected chi connectivity index (χ3v) is 6.67. The number of methoxy groups -OCH3 is 1. The molecule has 0 saturated heterocycles. The highest BCUT2D eigenvalue weighted by Gasteiger charge is 2.18. The van der Waals surface area contributed by atoms with Gasteiger partial charge in [-0.05, 0) is 73.5 Å². The highest BCUT2D eigenvalue weighted by molar-refractivity contribution is 7.99. The summed E-state index contributed by atoms with van der Waals surface area (Å²) in [6, 6.07) is 18.4. The van der Waals surface area contributed by atoms with Crippen LogP contribution in [0.3, 0.4) is 0 Å². The second-order valence-corrected chi connectivity index (χ2v) is 9.15. The molecule has 0 aliphatic heterocycles. The first-order valence-electron chi connectivity index (χ1n) is 11.5. The molecule has 0 bridgehead atoms. The lowest BCUT2D eigenvalue weighted by Crippen LogP contribution is -2.24. The summed E-state index contributed by atoms with van der Waals surface area (Å²) in [5.74, 6) is 0.165. The zero-order chi connectivity index (χ0) is 26.4. The topological polar surface area (TPSA) is 98.1 Å². The SMILES string of the molecule is COc1ccc(C(=O)NCc2nnc(SCC(=O)Nc3cccc(C)c3C)n2-c2cccc(F)c2)cc1. The molecule has 3 aromatic carbocycles. The average molecular weight is 520 g/mol. The van der Waals surface area contributed by atoms with Crippen molar-refractivity contribution in [3.8, 4) is 11.4 Å². The molecule has 190 valence electrons. The van der Waals surface area contributed by atoms with E-state index in [4.69, 9.17) is 4.74 Å². The monoisotopic (exact) mass is 519 g/mol. The molecule has 1 heterocycles. The number of halogens is 1. The van der Waals surface area contributed by atoms with Crippen LogP contribution < -0.4 is 15.4 Å². The van der Waals surface area contributed by atoms with Crippen molar-refractivity contribution in [2.45, 2.75) is 25.5 Å². The third kappa shape index (κ3) is 6.34. The normalized spacial score (nSPS) is 10.7. The van der Waals surface area contributed by atoms with Crippen molar-refractivity contribution in [2.75, 3.05) is 18.2 Å². The molecule has 0 spiro atoms. The summed E-state index contributed by atoms with van der Waals surface area (Å²) in [5, 5.41) is 14.6. The highest BCUT2D eigenvalue weighted by atomic mass is 32.2. The van der Waals surface area contributed by atoms with E-state index in [-0.39, 0.29) is 24.1 Å². The van der Waals surface area contributed by atoms with Gasteiger partial charge in [0.05, 0.1) is 25.1 Å². The molecule has 0 atom stereocenters. The van der Waals surface area contributed by atoms with Gasteiger partial charge < -0.3 is 15.4 Å². The quantitative estimate of drug-likeness (QED) is 0.311. The van der Waals surface area contributed by atoms with Gasteiger partial charge in [0.25, 0.3) is 5.91 Å². The predicted octanol–water partition coefficient (Wildman–Crippen LogP) is 4.69. The molecule has 4 aromatic rings. The first-order chi connectivity index (χ1) is 17.9. The molecule has 0 saturated carbocycles. The lowest BCUT2D eigenvalue weighted by molar-refractivity contribution is -0.113. The molecule has 0 radical (unpaired) electrons. The number of anilines is 1. The molecule has 0 aliphatic rings. The Bertz CT molecular complexity index is 1420. The lowest BCUT2D eigenvalue weighted by atomic mass is 10.1. The van der Waals surface area contributed by atoms with Crippen molar-refractivity contribution < 1.29 is 18.7 Å². The fraction of sp³-hybridized carbons (Fsp3) is 0.185. The van der Waals surface area contributed by atoms with Gasteiger partial charge in [0.15, 0.2) is 11.0 Å². The molecule has 8 nitrogen and oxygen atoms in total. The van der Waals surface area contributed by atoms with Crippen molar-refractivity contribution in [1.82, 2.24) is 20.1 Å². The molecule has 1 aromatic heterocycles. The Labute approximate surface area is 218 Å². The number of ether oxygens (including phenoxy) is 1. The van der Waals surface area contributed by atoms with Crippen molar-refractivity contribution >= 4 is 29.3 Å². The number of aryl methyl sites for hydroxylation is 1. The molecular formula is C27H26FN5O3S. The maximum absolute atomic E-state index is 14.0. The van der Waals surface area contributed by atoms with Crippen LogP contribution >= 0.6 is 11.8 Å². The van der Waals surface area contributed by atoms with E-state index in [0.29, 0.717) is 28.0 Å². The predicted molar refractivity (Wildman–Crippen MR) is 141 cm³/mol. The Morgan fingerprint density at radius 2 is 1.78 bits per heavy atom. The highest BCUT2D eigenvalue weighted by Crippen LogP contribution is 2.24. The second kappa shape index (κ2) is 11.7. The van der Waals surface area contributed by atoms with Crippen LogP contribution in [0.1, 0.15) is 27.3 Å². The van der Waals surface area contributed by atoms with Crippen LogP contribution in [-0.4, -0.2) is 39.4 Å². The summed E-state index contributed by atoms with van der Waals surface area (Å²) in [5.41, 5.74) is 3.77. The molecule has 2 amide bonds. The first-order valence-corrected chi connectivity index (χ1v) is 12.5. The maximum Gasteiger partial charge on any atom is 0.251 e. The smallest absolute Gasteiger partial charge is 0.251 e. The van der Waals surface area contributed by atoms with E-state index in [1.807, 2.05) is 32.0 Å². The van der Waals surface area contributed by atoms with Gasteiger partial charge in [-0.15, -0.1) is 10.2 Å². The van der Waals surface area contributed by atoms with Gasteiger partial charge in [-0.25, -0.2) is 4.39 Å². The Morgan fingerprint density at radius 3 is 2.51 bits per heavy atom. The first kappa shape index (κ1) is 25.9. The van der Waals surface area contributed by atoms with Crippen molar-refractivity contribution in [3.05, 3.63) is 95.1 Å². The summed E-state index contributed by atoms with van der Waals surface area (Å²) in [7, 11) is 1.55. The number of nitrogens with one attached hydrogen (secondary N) is 2. The number of rotatable bonds is 9. The maximum atomic E-state index is 14.0. The molecule has 37 heavy (non-hydrogen) atoms. The molecule has 0 fully saturated rings. The van der Waals surface area contributed by atoms with Crippen LogP contribution in [0.5, 0.6) is 5.75 Å². The minimum atomic E-state index is -0.428. The van der Waals surface area contributed by atoms with Gasteiger partial charge in [-0.1, -0.05) is 30.0 Å². The van der Waals surface area contributed by atoms with E-state index >= 15 is 0 Å². The number of amides is 2. The summed E-state index contributed by atoms with van der Waals surface area (Å²) < 4.78 is 20.8. The molecule has 4 rings (SSSR count). The van der Waals surface area contributed by atoms with Gasteiger partial charge in [0, 0.05) is 11.3 Å². The molecule has 10 heteroatoms. The minimum Gasteiger partial charge on any atom is -0.497 e. The number of thioether (sulfide) groups is 1. The number of hydrogen-bond acceptors (Lipinski definition) is 6. The summed E-state index contributed by atoms with van der Waals surface area (Å²) >= 11 is 1.17. The van der Waals surface area contributed by atoms with Crippen molar-refractivity contribution in [3.63, 3.8) is 0 Å². The largest absolute Gasteiger partial charge is 0.497 e. The van der Waals surface area contributed by atoms with Gasteiger partial charge >= 0.3 is 0 Å². The Kier molecular flexibility index (Phi) is 8.19. The van der Waals surface area contributed by atoms with Gasteiger partial charge in [-0.3, -0.25) is 14.2 Å². The van der Waals surface area contributed by atoms with Crippen LogP contribution in [0.4, 0.5) is 10.1 Å². The average Bonchev–Trinajstić information content (AvgIpc) is 3.31. The fourth-order valence-electron chi connectivity index (χ4n) is 3.59.